The number of benzene rings is 1. The fourth-order valence-corrected chi connectivity index (χ4v) is 0.921. The van der Waals surface area contributed by atoms with Gasteiger partial charge in [-0.25, -0.2) is 0 Å². The van der Waals surface area contributed by atoms with Gasteiger partial charge in [0.2, 0.25) is 6.29 Å². The molecule has 0 N–H and O–H groups in total. The highest BCUT2D eigenvalue weighted by Crippen LogP contribution is 2.04. The van der Waals surface area contributed by atoms with E-state index in [0.717, 1.165) is 5.56 Å². The van der Waals surface area contributed by atoms with Crippen LogP contribution in [0, 0.1) is 6.92 Å². The van der Waals surface area contributed by atoms with E-state index in [4.69, 9.17) is 0 Å². The Morgan fingerprint density at radius 1 is 1.33 bits per heavy atom. The van der Waals surface area contributed by atoms with Crippen LogP contribution in [0.3, 0.4) is 0 Å². The van der Waals surface area contributed by atoms with Gasteiger partial charge in [0.25, 0.3) is 0 Å². The second-order valence-corrected chi connectivity index (χ2v) is 2.66. The normalized spacial score (nSPS) is 10.4. The number of hydrogen-bond acceptors (Lipinski definition) is 1. The Balaban J connectivity index is 2.64. The van der Waals surface area contributed by atoms with Crippen molar-refractivity contribution >= 4 is 12.4 Å². The van der Waals surface area contributed by atoms with E-state index in [1.807, 2.05) is 43.6 Å². The van der Waals surface area contributed by atoms with Crippen molar-refractivity contribution in [3.05, 3.63) is 41.5 Å². The van der Waals surface area contributed by atoms with Crippen molar-refractivity contribution in [2.75, 3.05) is 0 Å². The molecule has 1 heteroatoms. The zero-order chi connectivity index (χ0) is 8.81. The fourth-order valence-electron chi connectivity index (χ4n) is 0.921. The third kappa shape index (κ3) is 2.70. The molecular weight excluding hydrogens is 148 g/mol. The molecule has 0 aliphatic rings. The first kappa shape index (κ1) is 8.72. The summed E-state index contributed by atoms with van der Waals surface area (Å²) >= 11 is 0. The van der Waals surface area contributed by atoms with Crippen LogP contribution in [0.5, 0.6) is 0 Å². The van der Waals surface area contributed by atoms with Crippen LogP contribution in [0.2, 0.25) is 0 Å². The second-order valence-electron chi connectivity index (χ2n) is 2.66. The van der Waals surface area contributed by atoms with Crippen molar-refractivity contribution in [3.63, 3.8) is 0 Å². The van der Waals surface area contributed by atoms with Crippen LogP contribution in [-0.4, -0.2) is 6.29 Å². The molecule has 12 heavy (non-hydrogen) atoms. The van der Waals surface area contributed by atoms with Crippen LogP contribution in [0.1, 0.15) is 17.5 Å². The zero-order valence-corrected chi connectivity index (χ0v) is 7.08. The van der Waals surface area contributed by atoms with E-state index in [0.29, 0.717) is 6.42 Å². The van der Waals surface area contributed by atoms with Crippen LogP contribution in [0.4, 0.5) is 0 Å². The summed E-state index contributed by atoms with van der Waals surface area (Å²) in [6, 6.07) is 8.14. The van der Waals surface area contributed by atoms with Crippen molar-refractivity contribution in [3.8, 4) is 0 Å². The molecule has 0 spiro atoms. The molecule has 0 aliphatic heterocycles. The van der Waals surface area contributed by atoms with E-state index in [1.165, 1.54) is 5.56 Å². The fraction of sp³-hybridized carbons (Fsp3) is 0.182. The quantitative estimate of drug-likeness (QED) is 0.662. The van der Waals surface area contributed by atoms with Crippen molar-refractivity contribution in [2.24, 2.45) is 0 Å². The predicted octanol–water partition coefficient (Wildman–Crippen LogP) is 2.51. The van der Waals surface area contributed by atoms with Gasteiger partial charge in [-0.2, -0.15) is 0 Å². The molecule has 1 nitrogen and oxygen atoms in total. The monoisotopic (exact) mass is 159 g/mol. The molecule has 1 radical (unpaired) electrons. The summed E-state index contributed by atoms with van der Waals surface area (Å²) in [6.07, 6.45) is 5.91. The van der Waals surface area contributed by atoms with Crippen LogP contribution in [0.15, 0.2) is 30.3 Å². The summed E-state index contributed by atoms with van der Waals surface area (Å²) < 4.78 is 0. The van der Waals surface area contributed by atoms with E-state index >= 15 is 0 Å². The molecule has 1 rings (SSSR count). The molecule has 0 bridgehead atoms. The lowest BCUT2D eigenvalue weighted by atomic mass is 10.1. The molecule has 0 fully saturated rings. The first-order valence-corrected chi connectivity index (χ1v) is 3.91. The van der Waals surface area contributed by atoms with Crippen LogP contribution in [-0.2, 0) is 4.79 Å². The maximum atomic E-state index is 9.87. The van der Waals surface area contributed by atoms with Gasteiger partial charge in [-0.15, -0.1) is 0 Å². The predicted molar refractivity (Wildman–Crippen MR) is 50.5 cm³/mol. The summed E-state index contributed by atoms with van der Waals surface area (Å²) in [6.45, 7) is 2.05. The average molecular weight is 159 g/mol. The maximum absolute atomic E-state index is 9.87. The third-order valence-corrected chi connectivity index (χ3v) is 1.59. The van der Waals surface area contributed by atoms with Gasteiger partial charge < -0.3 is 0 Å². The average Bonchev–Trinajstić information content (AvgIpc) is 2.09. The Morgan fingerprint density at radius 3 is 2.58 bits per heavy atom. The van der Waals surface area contributed by atoms with E-state index in [1.54, 1.807) is 6.08 Å². The van der Waals surface area contributed by atoms with E-state index in [-0.39, 0.29) is 0 Å². The lowest BCUT2D eigenvalue weighted by Gasteiger charge is -1.92. The number of carbonyl (C=O) groups excluding carboxylic acids is 1. The minimum atomic E-state index is 0.369. The summed E-state index contributed by atoms with van der Waals surface area (Å²) in [4.78, 5) is 9.87. The Morgan fingerprint density at radius 2 is 2.00 bits per heavy atom. The number of rotatable bonds is 3. The Labute approximate surface area is 72.7 Å². The van der Waals surface area contributed by atoms with Crippen molar-refractivity contribution < 1.29 is 4.79 Å². The molecule has 1 aromatic rings. The minimum Gasteiger partial charge on any atom is -0.291 e. The topological polar surface area (TPSA) is 17.1 Å². The highest BCUT2D eigenvalue weighted by Gasteiger charge is 1.85. The first-order chi connectivity index (χ1) is 5.83. The Hall–Kier alpha value is -1.37. The standard InChI is InChI=1S/C11H11O/c1-10-5-7-11(8-6-10)4-2-3-9-12/h2,4-8H,3H2,1H3. The van der Waals surface area contributed by atoms with Gasteiger partial charge in [0, 0.05) is 6.42 Å². The largest absolute Gasteiger partial charge is 0.291 e. The van der Waals surface area contributed by atoms with Crippen LogP contribution in [0.25, 0.3) is 6.08 Å². The lowest BCUT2D eigenvalue weighted by Crippen LogP contribution is -1.73. The van der Waals surface area contributed by atoms with Crippen molar-refractivity contribution in [2.45, 2.75) is 13.3 Å². The van der Waals surface area contributed by atoms with Gasteiger partial charge in [-0.1, -0.05) is 42.0 Å². The Bertz CT molecular complexity index is 270. The van der Waals surface area contributed by atoms with Gasteiger partial charge in [0.1, 0.15) is 0 Å². The van der Waals surface area contributed by atoms with Gasteiger partial charge in [0.05, 0.1) is 0 Å². The van der Waals surface area contributed by atoms with Gasteiger partial charge >= 0.3 is 0 Å². The van der Waals surface area contributed by atoms with E-state index in [2.05, 4.69) is 0 Å². The third-order valence-electron chi connectivity index (χ3n) is 1.59. The molecule has 0 heterocycles. The highest BCUT2D eigenvalue weighted by molar-refractivity contribution is 5.58. The van der Waals surface area contributed by atoms with Gasteiger partial charge in [-0.05, 0) is 12.5 Å². The molecular formula is C11H11O. The summed E-state index contributed by atoms with van der Waals surface area (Å²) in [5.74, 6) is 0. The first-order valence-electron chi connectivity index (χ1n) is 3.91. The molecule has 0 aromatic heterocycles. The zero-order valence-electron chi connectivity index (χ0n) is 7.08. The molecule has 0 atom stereocenters. The maximum Gasteiger partial charge on any atom is 0.202 e. The molecule has 0 saturated carbocycles. The highest BCUT2D eigenvalue weighted by atomic mass is 16.1. The van der Waals surface area contributed by atoms with Crippen LogP contribution < -0.4 is 0 Å². The SMILES string of the molecule is Cc1ccc(C=CC[C]=O)cc1. The number of allylic oxidation sites excluding steroid dienone is 1. The van der Waals surface area contributed by atoms with Crippen molar-refractivity contribution in [1.82, 2.24) is 0 Å². The summed E-state index contributed by atoms with van der Waals surface area (Å²) in [5.41, 5.74) is 2.37. The molecule has 0 unspecified atom stereocenters. The Kier molecular flexibility index (Phi) is 3.27. The van der Waals surface area contributed by atoms with Gasteiger partial charge in [0.15, 0.2) is 0 Å². The van der Waals surface area contributed by atoms with E-state index < -0.39 is 0 Å². The molecule has 0 saturated heterocycles. The summed E-state index contributed by atoms with van der Waals surface area (Å²) in [7, 11) is 0. The van der Waals surface area contributed by atoms with Crippen molar-refractivity contribution in [1.29, 1.82) is 0 Å². The number of hydrogen-bond donors (Lipinski definition) is 0. The molecule has 61 valence electrons. The smallest absolute Gasteiger partial charge is 0.202 e. The molecule has 0 amide bonds. The molecule has 0 aliphatic carbocycles. The number of aryl methyl sites for hydroxylation is 1. The second kappa shape index (κ2) is 4.50. The van der Waals surface area contributed by atoms with Gasteiger partial charge in [-0.3, -0.25) is 4.79 Å². The lowest BCUT2D eigenvalue weighted by molar-refractivity contribution is 0.556. The van der Waals surface area contributed by atoms with Crippen LogP contribution >= 0.6 is 0 Å². The summed E-state index contributed by atoms with van der Waals surface area (Å²) in [5, 5.41) is 0. The minimum absolute atomic E-state index is 0.369. The molecule has 1 aromatic carbocycles. The van der Waals surface area contributed by atoms with E-state index in [9.17, 15) is 4.79 Å².